The number of hydrogen-bond donors (Lipinski definition) is 4. The first-order chi connectivity index (χ1) is 6.66. The molecule has 0 rings (SSSR count). The normalized spacial score (nSPS) is 12.1. The average Bonchev–Trinajstić information content (AvgIpc) is 2.14. The number of carboxylic acid groups (broad SMARTS) is 1. The molecule has 0 bridgehead atoms. The number of amides is 1. The second kappa shape index (κ2) is 7.01. The molecule has 0 saturated carbocycles. The number of aliphatic carboxylic acids is 1. The van der Waals surface area contributed by atoms with Crippen LogP contribution in [0.5, 0.6) is 0 Å². The SMILES string of the molecule is CCC(N)C(=O)NO.O=C(O)C(F)(F)F. The van der Waals surface area contributed by atoms with Gasteiger partial charge in [0.15, 0.2) is 0 Å². The van der Waals surface area contributed by atoms with Gasteiger partial charge < -0.3 is 10.8 Å². The fraction of sp³-hybridized carbons (Fsp3) is 0.667. The van der Waals surface area contributed by atoms with Crippen molar-refractivity contribution in [3.8, 4) is 0 Å². The lowest BCUT2D eigenvalue weighted by molar-refractivity contribution is -0.192. The van der Waals surface area contributed by atoms with Crippen LogP contribution in [0.2, 0.25) is 0 Å². The molecule has 0 saturated heterocycles. The molecule has 0 heterocycles. The summed E-state index contributed by atoms with van der Waals surface area (Å²) in [4.78, 5) is 19.2. The molecule has 5 N–H and O–H groups in total. The first-order valence-electron chi connectivity index (χ1n) is 3.66. The summed E-state index contributed by atoms with van der Waals surface area (Å²) in [7, 11) is 0. The van der Waals surface area contributed by atoms with Gasteiger partial charge in [0.05, 0.1) is 6.04 Å². The number of rotatable bonds is 2. The lowest BCUT2D eigenvalue weighted by atomic mass is 10.2. The molecular formula is C6H11F3N2O4. The van der Waals surface area contributed by atoms with E-state index in [1.165, 1.54) is 5.48 Å². The summed E-state index contributed by atoms with van der Waals surface area (Å²) in [6, 6.07) is -0.583. The quantitative estimate of drug-likeness (QED) is 0.391. The first-order valence-corrected chi connectivity index (χ1v) is 3.66. The molecule has 0 aliphatic rings. The Balaban J connectivity index is 0. The van der Waals surface area contributed by atoms with Crippen LogP contribution in [0.3, 0.4) is 0 Å². The predicted octanol–water partition coefficient (Wildman–Crippen LogP) is -0.138. The van der Waals surface area contributed by atoms with Crippen LogP contribution in [0.25, 0.3) is 0 Å². The Morgan fingerprint density at radius 2 is 1.80 bits per heavy atom. The summed E-state index contributed by atoms with van der Waals surface area (Å²) in [5, 5.41) is 15.1. The maximum Gasteiger partial charge on any atom is 0.490 e. The highest BCUT2D eigenvalue weighted by atomic mass is 19.4. The van der Waals surface area contributed by atoms with E-state index in [2.05, 4.69) is 0 Å². The largest absolute Gasteiger partial charge is 0.490 e. The Hall–Kier alpha value is -1.35. The lowest BCUT2D eigenvalue weighted by Gasteiger charge is -2.02. The van der Waals surface area contributed by atoms with Crippen LogP contribution in [0.15, 0.2) is 0 Å². The summed E-state index contributed by atoms with van der Waals surface area (Å²) in [6.45, 7) is 1.76. The minimum absolute atomic E-state index is 0.534. The Morgan fingerprint density at radius 1 is 1.47 bits per heavy atom. The van der Waals surface area contributed by atoms with Gasteiger partial charge >= 0.3 is 12.1 Å². The molecule has 0 aromatic heterocycles. The van der Waals surface area contributed by atoms with E-state index in [0.29, 0.717) is 6.42 Å². The minimum atomic E-state index is -5.08. The molecule has 90 valence electrons. The molecular weight excluding hydrogens is 221 g/mol. The van der Waals surface area contributed by atoms with Crippen LogP contribution in [-0.4, -0.2) is 34.4 Å². The van der Waals surface area contributed by atoms with Crippen molar-refractivity contribution in [3.05, 3.63) is 0 Å². The van der Waals surface area contributed by atoms with Gasteiger partial charge in [0.25, 0.3) is 5.91 Å². The number of carboxylic acids is 1. The molecule has 0 spiro atoms. The zero-order valence-corrected chi connectivity index (χ0v) is 7.71. The molecule has 1 amide bonds. The van der Waals surface area contributed by atoms with E-state index in [4.69, 9.17) is 20.8 Å². The Kier molecular flexibility index (Phi) is 7.52. The molecule has 15 heavy (non-hydrogen) atoms. The molecule has 1 unspecified atom stereocenters. The topological polar surface area (TPSA) is 113 Å². The monoisotopic (exact) mass is 232 g/mol. The summed E-state index contributed by atoms with van der Waals surface area (Å²) < 4.78 is 31.7. The lowest BCUT2D eigenvalue weighted by Crippen LogP contribution is -2.38. The fourth-order valence-corrected chi connectivity index (χ4v) is 0.268. The van der Waals surface area contributed by atoms with Crippen LogP contribution < -0.4 is 11.2 Å². The van der Waals surface area contributed by atoms with Crippen molar-refractivity contribution in [3.63, 3.8) is 0 Å². The smallest absolute Gasteiger partial charge is 0.475 e. The first kappa shape index (κ1) is 16.1. The Labute approximate surface area is 82.8 Å². The highest BCUT2D eigenvalue weighted by Crippen LogP contribution is 2.13. The Morgan fingerprint density at radius 3 is 1.87 bits per heavy atom. The second-order valence-corrected chi connectivity index (χ2v) is 2.29. The third-order valence-corrected chi connectivity index (χ3v) is 1.13. The number of halogens is 3. The van der Waals surface area contributed by atoms with Crippen LogP contribution in [-0.2, 0) is 9.59 Å². The van der Waals surface area contributed by atoms with Gasteiger partial charge in [-0.1, -0.05) is 6.92 Å². The predicted molar refractivity (Wildman–Crippen MR) is 41.9 cm³/mol. The second-order valence-electron chi connectivity index (χ2n) is 2.29. The zero-order valence-electron chi connectivity index (χ0n) is 7.71. The van der Waals surface area contributed by atoms with E-state index in [1.54, 1.807) is 6.92 Å². The van der Waals surface area contributed by atoms with Gasteiger partial charge in [-0.25, -0.2) is 10.3 Å². The third-order valence-electron chi connectivity index (χ3n) is 1.13. The van der Waals surface area contributed by atoms with E-state index in [-0.39, 0.29) is 0 Å². The number of carbonyl (C=O) groups is 2. The van der Waals surface area contributed by atoms with Gasteiger partial charge in [0.1, 0.15) is 0 Å². The van der Waals surface area contributed by atoms with E-state index in [1.807, 2.05) is 0 Å². The maximum absolute atomic E-state index is 10.6. The van der Waals surface area contributed by atoms with E-state index < -0.39 is 24.1 Å². The molecule has 0 fully saturated rings. The van der Waals surface area contributed by atoms with E-state index >= 15 is 0 Å². The van der Waals surface area contributed by atoms with Crippen molar-refractivity contribution in [1.82, 2.24) is 5.48 Å². The maximum atomic E-state index is 10.6. The number of nitrogens with two attached hydrogens (primary N) is 1. The van der Waals surface area contributed by atoms with Gasteiger partial charge in [-0.3, -0.25) is 10.0 Å². The van der Waals surface area contributed by atoms with Gasteiger partial charge in [0.2, 0.25) is 0 Å². The molecule has 9 heteroatoms. The van der Waals surface area contributed by atoms with Gasteiger partial charge in [-0.15, -0.1) is 0 Å². The summed E-state index contributed by atoms with van der Waals surface area (Å²) in [6.07, 6.45) is -4.55. The van der Waals surface area contributed by atoms with Crippen LogP contribution in [0, 0.1) is 0 Å². The van der Waals surface area contributed by atoms with Crippen molar-refractivity contribution in [1.29, 1.82) is 0 Å². The van der Waals surface area contributed by atoms with Crippen molar-refractivity contribution in [2.75, 3.05) is 0 Å². The number of carbonyl (C=O) groups excluding carboxylic acids is 1. The van der Waals surface area contributed by atoms with Crippen molar-refractivity contribution in [2.24, 2.45) is 5.73 Å². The van der Waals surface area contributed by atoms with Crippen LogP contribution in [0.4, 0.5) is 13.2 Å². The Bertz CT molecular complexity index is 219. The van der Waals surface area contributed by atoms with Crippen molar-refractivity contribution < 1.29 is 33.1 Å². The molecule has 0 aliphatic heterocycles. The average molecular weight is 232 g/mol. The van der Waals surface area contributed by atoms with E-state index in [9.17, 15) is 18.0 Å². The van der Waals surface area contributed by atoms with Gasteiger partial charge in [0, 0.05) is 0 Å². The highest BCUT2D eigenvalue weighted by molar-refractivity contribution is 5.80. The molecule has 1 atom stereocenters. The molecule has 0 radical (unpaired) electrons. The number of hydroxylamine groups is 1. The number of hydrogen-bond acceptors (Lipinski definition) is 4. The van der Waals surface area contributed by atoms with Crippen LogP contribution in [0.1, 0.15) is 13.3 Å². The fourth-order valence-electron chi connectivity index (χ4n) is 0.268. The highest BCUT2D eigenvalue weighted by Gasteiger charge is 2.38. The summed E-state index contributed by atoms with van der Waals surface area (Å²) >= 11 is 0. The number of alkyl halides is 3. The van der Waals surface area contributed by atoms with Crippen molar-refractivity contribution >= 4 is 11.9 Å². The zero-order chi connectivity index (χ0) is 12.6. The minimum Gasteiger partial charge on any atom is -0.475 e. The van der Waals surface area contributed by atoms with Crippen molar-refractivity contribution in [2.45, 2.75) is 25.6 Å². The third kappa shape index (κ3) is 8.97. The number of nitrogens with one attached hydrogen (secondary N) is 1. The summed E-state index contributed by atoms with van der Waals surface area (Å²) in [5.41, 5.74) is 6.61. The molecule has 0 aromatic carbocycles. The van der Waals surface area contributed by atoms with Gasteiger partial charge in [-0.2, -0.15) is 13.2 Å². The van der Waals surface area contributed by atoms with Gasteiger partial charge in [-0.05, 0) is 6.42 Å². The molecule has 6 nitrogen and oxygen atoms in total. The summed E-state index contributed by atoms with van der Waals surface area (Å²) in [5.74, 6) is -3.29. The standard InChI is InChI=1S/C4H10N2O2.C2HF3O2/c1-2-3(5)4(7)6-8;3-2(4,5)1(6)7/h3,8H,2,5H2,1H3,(H,6,7);(H,6,7). The van der Waals surface area contributed by atoms with Crippen LogP contribution >= 0.6 is 0 Å². The van der Waals surface area contributed by atoms with E-state index in [0.717, 1.165) is 0 Å². The molecule has 0 aromatic rings. The molecule has 0 aliphatic carbocycles.